The number of halogens is 2. The zero-order valence-electron chi connectivity index (χ0n) is 11.4. The summed E-state index contributed by atoms with van der Waals surface area (Å²) in [5, 5.41) is 10.9. The number of nitrogen functional groups attached to an aromatic ring is 1. The second-order valence-corrected chi connectivity index (χ2v) is 4.75. The van der Waals surface area contributed by atoms with Gasteiger partial charge in [0.15, 0.2) is 11.4 Å². The van der Waals surface area contributed by atoms with Gasteiger partial charge in [-0.3, -0.25) is 10.1 Å². The van der Waals surface area contributed by atoms with E-state index < -0.39 is 17.2 Å². The van der Waals surface area contributed by atoms with E-state index in [1.54, 1.807) is 0 Å². The minimum absolute atomic E-state index is 0.324. The van der Waals surface area contributed by atoms with E-state index in [1.165, 1.54) is 12.1 Å². The van der Waals surface area contributed by atoms with Crippen molar-refractivity contribution in [3.05, 3.63) is 33.9 Å². The number of nitro groups is 1. The molecule has 0 saturated carbocycles. The average Bonchev–Trinajstić information content (AvgIpc) is 2.41. The molecule has 1 aliphatic heterocycles. The van der Waals surface area contributed by atoms with Gasteiger partial charge >= 0.3 is 6.61 Å². The van der Waals surface area contributed by atoms with E-state index in [0.29, 0.717) is 18.5 Å². The van der Waals surface area contributed by atoms with Gasteiger partial charge in [0.25, 0.3) is 5.69 Å². The molecule has 0 fully saturated rings. The van der Waals surface area contributed by atoms with Gasteiger partial charge in [-0.25, -0.2) is 0 Å². The maximum Gasteiger partial charge on any atom is 0.387 e. The number of ether oxygens (including phenoxy) is 1. The van der Waals surface area contributed by atoms with E-state index in [-0.39, 0.29) is 11.4 Å². The van der Waals surface area contributed by atoms with Crippen molar-refractivity contribution in [2.45, 2.75) is 13.0 Å². The molecule has 1 heterocycles. The molecule has 0 unspecified atom stereocenters. The highest BCUT2D eigenvalue weighted by atomic mass is 19.3. The second-order valence-electron chi connectivity index (χ2n) is 4.75. The Morgan fingerprint density at radius 3 is 2.71 bits per heavy atom. The van der Waals surface area contributed by atoms with Crippen molar-refractivity contribution in [3.63, 3.8) is 0 Å². The summed E-state index contributed by atoms with van der Waals surface area (Å²) >= 11 is 0. The molecule has 0 radical (unpaired) electrons. The predicted molar refractivity (Wildman–Crippen MR) is 74.2 cm³/mol. The Hall–Kier alpha value is -2.22. The summed E-state index contributed by atoms with van der Waals surface area (Å²) in [5.74, 6) is -0.324. The first-order valence-electron chi connectivity index (χ1n) is 6.29. The number of hydrogen-bond acceptors (Lipinski definition) is 5. The van der Waals surface area contributed by atoms with Crippen molar-refractivity contribution in [3.8, 4) is 5.75 Å². The molecule has 114 valence electrons. The maximum atomic E-state index is 12.6. The zero-order valence-corrected chi connectivity index (χ0v) is 11.4. The molecular formula is C13H15F2N3O3. The molecule has 6 nitrogen and oxygen atoms in total. The zero-order chi connectivity index (χ0) is 15.6. The Labute approximate surface area is 119 Å². The first-order chi connectivity index (χ1) is 9.90. The molecular weight excluding hydrogens is 284 g/mol. The largest absolute Gasteiger partial charge is 0.432 e. The molecule has 0 bridgehead atoms. The quantitative estimate of drug-likeness (QED) is 0.525. The van der Waals surface area contributed by atoms with E-state index >= 15 is 0 Å². The summed E-state index contributed by atoms with van der Waals surface area (Å²) in [6.45, 7) is -1.67. The van der Waals surface area contributed by atoms with Crippen LogP contribution in [-0.2, 0) is 0 Å². The first kappa shape index (κ1) is 15.2. The second kappa shape index (κ2) is 6.04. The smallest absolute Gasteiger partial charge is 0.387 e. The van der Waals surface area contributed by atoms with Gasteiger partial charge in [-0.15, -0.1) is 0 Å². The van der Waals surface area contributed by atoms with E-state index in [4.69, 9.17) is 5.73 Å². The van der Waals surface area contributed by atoms with Gasteiger partial charge in [-0.1, -0.05) is 6.08 Å². The summed E-state index contributed by atoms with van der Waals surface area (Å²) in [4.78, 5) is 12.2. The number of nitrogens with zero attached hydrogens (tertiary/aromatic N) is 2. The monoisotopic (exact) mass is 299 g/mol. The summed E-state index contributed by atoms with van der Waals surface area (Å²) in [5.41, 5.74) is 5.99. The minimum Gasteiger partial charge on any atom is -0.432 e. The highest BCUT2D eigenvalue weighted by Gasteiger charge is 2.24. The van der Waals surface area contributed by atoms with Gasteiger partial charge in [-0.05, 0) is 25.1 Å². The van der Waals surface area contributed by atoms with Gasteiger partial charge in [0.2, 0.25) is 0 Å². The van der Waals surface area contributed by atoms with Crippen LogP contribution in [0.2, 0.25) is 0 Å². The van der Waals surface area contributed by atoms with Crippen LogP contribution >= 0.6 is 0 Å². The molecule has 0 atom stereocenters. The summed E-state index contributed by atoms with van der Waals surface area (Å²) < 4.78 is 29.6. The lowest BCUT2D eigenvalue weighted by Gasteiger charge is -2.23. The van der Waals surface area contributed by atoms with Crippen LogP contribution in [0.3, 0.4) is 0 Å². The average molecular weight is 299 g/mol. The SMILES string of the molecule is CN1CC=C(c2ccc([N+](=O)[O-])c(N)c2OC(F)F)CC1. The highest BCUT2D eigenvalue weighted by molar-refractivity contribution is 5.81. The molecule has 1 aliphatic rings. The van der Waals surface area contributed by atoms with Gasteiger partial charge in [0.05, 0.1) is 4.92 Å². The topological polar surface area (TPSA) is 81.6 Å². The Balaban J connectivity index is 2.50. The molecule has 0 saturated heterocycles. The van der Waals surface area contributed by atoms with Crippen molar-refractivity contribution in [1.29, 1.82) is 0 Å². The van der Waals surface area contributed by atoms with E-state index in [9.17, 15) is 18.9 Å². The molecule has 0 spiro atoms. The summed E-state index contributed by atoms with van der Waals surface area (Å²) in [6, 6.07) is 2.62. The summed E-state index contributed by atoms with van der Waals surface area (Å²) in [7, 11) is 1.94. The normalized spacial score (nSPS) is 15.9. The Morgan fingerprint density at radius 1 is 1.48 bits per heavy atom. The van der Waals surface area contributed by atoms with Crippen LogP contribution in [0.1, 0.15) is 12.0 Å². The molecule has 0 amide bonds. The van der Waals surface area contributed by atoms with E-state index in [1.807, 2.05) is 13.1 Å². The maximum absolute atomic E-state index is 12.6. The molecule has 0 aliphatic carbocycles. The molecule has 2 rings (SSSR count). The molecule has 1 aromatic carbocycles. The van der Waals surface area contributed by atoms with Crippen LogP contribution in [0.4, 0.5) is 20.2 Å². The third-order valence-electron chi connectivity index (χ3n) is 3.33. The number of rotatable bonds is 4. The lowest BCUT2D eigenvalue weighted by atomic mass is 9.97. The first-order valence-corrected chi connectivity index (χ1v) is 6.29. The third kappa shape index (κ3) is 3.27. The fourth-order valence-electron chi connectivity index (χ4n) is 2.23. The number of nitro benzene ring substituents is 1. The lowest BCUT2D eigenvalue weighted by Crippen LogP contribution is -2.24. The molecule has 21 heavy (non-hydrogen) atoms. The van der Waals surface area contributed by atoms with Crippen molar-refractivity contribution >= 4 is 16.9 Å². The van der Waals surface area contributed by atoms with Crippen molar-refractivity contribution in [2.75, 3.05) is 25.9 Å². The minimum atomic E-state index is -3.10. The number of hydrogen-bond donors (Lipinski definition) is 1. The number of anilines is 1. The molecule has 0 aromatic heterocycles. The molecule has 2 N–H and O–H groups in total. The Morgan fingerprint density at radius 2 is 2.19 bits per heavy atom. The van der Waals surface area contributed by atoms with Gasteiger partial charge in [0.1, 0.15) is 0 Å². The highest BCUT2D eigenvalue weighted by Crippen LogP contribution is 2.40. The van der Waals surface area contributed by atoms with E-state index in [0.717, 1.165) is 12.1 Å². The van der Waals surface area contributed by atoms with Crippen LogP contribution in [0.5, 0.6) is 5.75 Å². The fourth-order valence-corrected chi connectivity index (χ4v) is 2.23. The standard InChI is InChI=1S/C13H15F2N3O3/c1-17-6-4-8(5-7-17)9-2-3-10(18(19)20)11(16)12(9)21-13(14)15/h2-4,13H,5-7,16H2,1H3. The van der Waals surface area contributed by atoms with Gasteiger partial charge in [0, 0.05) is 24.7 Å². The van der Waals surface area contributed by atoms with Crippen LogP contribution in [0.15, 0.2) is 18.2 Å². The van der Waals surface area contributed by atoms with Crippen LogP contribution in [0.25, 0.3) is 5.57 Å². The Bertz CT molecular complexity index is 590. The van der Waals surface area contributed by atoms with Crippen molar-refractivity contribution in [2.24, 2.45) is 0 Å². The van der Waals surface area contributed by atoms with Gasteiger partial charge < -0.3 is 15.4 Å². The molecule has 1 aromatic rings. The number of likely N-dealkylation sites (N-methyl/N-ethyl adjacent to an activating group) is 1. The predicted octanol–water partition coefficient (Wildman–Crippen LogP) is 2.50. The van der Waals surface area contributed by atoms with Gasteiger partial charge in [-0.2, -0.15) is 8.78 Å². The fraction of sp³-hybridized carbons (Fsp3) is 0.385. The van der Waals surface area contributed by atoms with Crippen molar-refractivity contribution in [1.82, 2.24) is 4.90 Å². The van der Waals surface area contributed by atoms with Crippen LogP contribution in [-0.4, -0.2) is 36.6 Å². The van der Waals surface area contributed by atoms with Crippen LogP contribution < -0.4 is 10.5 Å². The summed E-state index contributed by atoms with van der Waals surface area (Å²) in [6.07, 6.45) is 2.51. The molecule has 8 heteroatoms. The Kier molecular flexibility index (Phi) is 4.37. The van der Waals surface area contributed by atoms with Crippen molar-refractivity contribution < 1.29 is 18.4 Å². The van der Waals surface area contributed by atoms with Crippen LogP contribution in [0, 0.1) is 10.1 Å². The third-order valence-corrected chi connectivity index (χ3v) is 3.33. The van der Waals surface area contributed by atoms with E-state index in [2.05, 4.69) is 9.64 Å². The number of nitrogens with two attached hydrogens (primary N) is 1. The number of benzene rings is 1. The lowest BCUT2D eigenvalue weighted by molar-refractivity contribution is -0.384. The number of alkyl halides is 2.